The lowest BCUT2D eigenvalue weighted by Crippen LogP contribution is -2.18. The van der Waals surface area contributed by atoms with Crippen molar-refractivity contribution in [1.29, 1.82) is 0 Å². The second-order valence-electron chi connectivity index (χ2n) is 18.4. The molecule has 294 valence electrons. The van der Waals surface area contributed by atoms with Crippen LogP contribution < -0.4 is 4.90 Å². The van der Waals surface area contributed by atoms with Crippen LogP contribution in [0, 0.1) is 0 Å². The van der Waals surface area contributed by atoms with Gasteiger partial charge < -0.3 is 9.32 Å². The summed E-state index contributed by atoms with van der Waals surface area (Å²) in [6, 6.07) is 69.8. The molecule has 1 heterocycles. The molecule has 0 spiro atoms. The number of hydrogen-bond donors (Lipinski definition) is 0. The lowest BCUT2D eigenvalue weighted by molar-refractivity contribution is 0.660. The Balaban J connectivity index is 1.17. The number of benzene rings is 10. The summed E-state index contributed by atoms with van der Waals surface area (Å²) >= 11 is 0. The van der Waals surface area contributed by atoms with Gasteiger partial charge in [0.15, 0.2) is 5.58 Å². The van der Waals surface area contributed by atoms with E-state index in [1.807, 2.05) is 0 Å². The fourth-order valence-electron chi connectivity index (χ4n) is 11.4. The maximum atomic E-state index is 7.43. The van der Waals surface area contributed by atoms with Crippen LogP contribution in [0.1, 0.15) is 49.9 Å². The van der Waals surface area contributed by atoms with Crippen molar-refractivity contribution in [3.63, 3.8) is 0 Å². The van der Waals surface area contributed by atoms with Crippen molar-refractivity contribution in [1.82, 2.24) is 0 Å². The highest BCUT2D eigenvalue weighted by molar-refractivity contribution is 6.31. The summed E-state index contributed by atoms with van der Waals surface area (Å²) in [5, 5.41) is 9.44. The van der Waals surface area contributed by atoms with E-state index < -0.39 is 0 Å². The topological polar surface area (TPSA) is 16.4 Å². The quantitative estimate of drug-likeness (QED) is 0.165. The van der Waals surface area contributed by atoms with Crippen LogP contribution in [0.5, 0.6) is 0 Å². The summed E-state index contributed by atoms with van der Waals surface area (Å²) in [5.41, 5.74) is 17.6. The highest BCUT2D eigenvalue weighted by Gasteiger charge is 2.38. The molecule has 10 aromatic carbocycles. The first-order chi connectivity index (χ1) is 30.3. The first-order valence-electron chi connectivity index (χ1n) is 21.8. The van der Waals surface area contributed by atoms with E-state index in [2.05, 4.69) is 221 Å². The van der Waals surface area contributed by atoms with Crippen LogP contribution in [0.25, 0.3) is 87.6 Å². The predicted molar refractivity (Wildman–Crippen MR) is 261 cm³/mol. The molecule has 2 nitrogen and oxygen atoms in total. The van der Waals surface area contributed by atoms with E-state index in [1.54, 1.807) is 0 Å². The molecule has 0 radical (unpaired) electrons. The number of hydrogen-bond acceptors (Lipinski definition) is 2. The molecule has 0 saturated heterocycles. The second-order valence-corrected chi connectivity index (χ2v) is 18.4. The minimum atomic E-state index is -0.174. The van der Waals surface area contributed by atoms with Crippen molar-refractivity contribution in [2.75, 3.05) is 4.90 Å². The first kappa shape index (κ1) is 35.3. The van der Waals surface area contributed by atoms with Gasteiger partial charge in [0.05, 0.1) is 5.69 Å². The van der Waals surface area contributed by atoms with Crippen LogP contribution in [0.3, 0.4) is 0 Å². The van der Waals surface area contributed by atoms with Gasteiger partial charge in [0.1, 0.15) is 5.58 Å². The van der Waals surface area contributed by atoms with Crippen molar-refractivity contribution in [3.8, 4) is 33.4 Å². The predicted octanol–water partition coefficient (Wildman–Crippen LogP) is 16.8. The third-order valence-corrected chi connectivity index (χ3v) is 14.4. The summed E-state index contributed by atoms with van der Waals surface area (Å²) in [7, 11) is 0. The number of nitrogens with zero attached hydrogens (tertiary/aromatic N) is 1. The van der Waals surface area contributed by atoms with Gasteiger partial charge in [0.2, 0.25) is 0 Å². The molecule has 0 atom stereocenters. The Morgan fingerprint density at radius 1 is 0.355 bits per heavy atom. The molecule has 0 unspecified atom stereocenters. The van der Waals surface area contributed by atoms with E-state index in [-0.39, 0.29) is 10.8 Å². The van der Waals surface area contributed by atoms with Gasteiger partial charge in [0, 0.05) is 38.4 Å². The Labute approximate surface area is 361 Å². The van der Waals surface area contributed by atoms with E-state index in [0.29, 0.717) is 0 Å². The van der Waals surface area contributed by atoms with Crippen LogP contribution in [0.2, 0.25) is 0 Å². The second kappa shape index (κ2) is 12.6. The Kier molecular flexibility index (Phi) is 7.16. The van der Waals surface area contributed by atoms with Crippen LogP contribution in [-0.2, 0) is 10.8 Å². The first-order valence-corrected chi connectivity index (χ1v) is 21.8. The minimum Gasteiger partial charge on any atom is -0.453 e. The highest BCUT2D eigenvalue weighted by Crippen LogP contribution is 2.55. The third-order valence-electron chi connectivity index (χ3n) is 14.4. The van der Waals surface area contributed by atoms with Crippen molar-refractivity contribution in [2.24, 2.45) is 0 Å². The van der Waals surface area contributed by atoms with Gasteiger partial charge in [-0.15, -0.1) is 0 Å². The molecule has 1 aromatic heterocycles. The Morgan fingerprint density at radius 3 is 1.48 bits per heavy atom. The lowest BCUT2D eigenvalue weighted by atomic mass is 9.82. The molecule has 0 fully saturated rings. The zero-order valence-electron chi connectivity index (χ0n) is 35.3. The third kappa shape index (κ3) is 4.75. The lowest BCUT2D eigenvalue weighted by Gasteiger charge is -2.30. The molecular weight excluding hydrogens is 751 g/mol. The highest BCUT2D eigenvalue weighted by atomic mass is 16.3. The number of fused-ring (bicyclic) bond motifs is 15. The van der Waals surface area contributed by atoms with Crippen molar-refractivity contribution < 1.29 is 4.42 Å². The smallest absolute Gasteiger partial charge is 0.159 e. The molecule has 13 rings (SSSR count). The van der Waals surface area contributed by atoms with E-state index in [4.69, 9.17) is 4.42 Å². The van der Waals surface area contributed by atoms with Gasteiger partial charge in [-0.3, -0.25) is 0 Å². The summed E-state index contributed by atoms with van der Waals surface area (Å²) in [5.74, 6) is 0. The average molecular weight is 794 g/mol. The van der Waals surface area contributed by atoms with Gasteiger partial charge in [-0.25, -0.2) is 0 Å². The molecule has 0 N–H and O–H groups in total. The van der Waals surface area contributed by atoms with Crippen LogP contribution in [0.4, 0.5) is 17.1 Å². The summed E-state index contributed by atoms with van der Waals surface area (Å²) in [6.07, 6.45) is 0. The monoisotopic (exact) mass is 793 g/mol. The largest absolute Gasteiger partial charge is 0.453 e. The molecule has 2 heteroatoms. The standard InChI is InChI=1S/C60H43NO/c1-59(2)51-26-13-11-21-44(51)46-30-28-38(34-53(46)59)61(39-29-31-47-45-22-12-14-27-52(45)60(3,4)54(47)35-39)55-33-37(41-25-15-17-36-16-5-6-18-40(36)41)32-50-56-48-23-9-7-19-42(48)43-20-8-10-24-49(43)58(56)62-57(50)55/h5-35H,1-4H3. The van der Waals surface area contributed by atoms with E-state index in [0.717, 1.165) is 50.0 Å². The molecule has 11 aromatic rings. The van der Waals surface area contributed by atoms with Gasteiger partial charge in [-0.05, 0) is 119 Å². The SMILES string of the molecule is CC1(C)c2ccccc2-c2ccc(N(c3ccc4c(c3)C(C)(C)c3ccccc3-4)c3cc(-c4cccc5ccccc45)cc4c3oc3c5ccccc5c5ccccc5c43)cc21. The fourth-order valence-corrected chi connectivity index (χ4v) is 11.4. The van der Waals surface area contributed by atoms with Crippen LogP contribution >= 0.6 is 0 Å². The van der Waals surface area contributed by atoms with E-state index in [1.165, 1.54) is 77.0 Å². The van der Waals surface area contributed by atoms with Crippen molar-refractivity contribution >= 4 is 71.3 Å². The molecule has 0 saturated carbocycles. The molecule has 0 amide bonds. The zero-order chi connectivity index (χ0) is 41.5. The summed E-state index contributed by atoms with van der Waals surface area (Å²) in [6.45, 7) is 9.48. The van der Waals surface area contributed by atoms with E-state index in [9.17, 15) is 0 Å². The maximum Gasteiger partial charge on any atom is 0.159 e. The number of furan rings is 1. The fraction of sp³-hybridized carbons (Fsp3) is 0.100. The Morgan fingerprint density at radius 2 is 0.839 bits per heavy atom. The van der Waals surface area contributed by atoms with Crippen LogP contribution in [0.15, 0.2) is 192 Å². The molecule has 0 aliphatic heterocycles. The van der Waals surface area contributed by atoms with Crippen LogP contribution in [-0.4, -0.2) is 0 Å². The van der Waals surface area contributed by atoms with Gasteiger partial charge in [-0.2, -0.15) is 0 Å². The molecule has 2 aliphatic rings. The van der Waals surface area contributed by atoms with Crippen molar-refractivity contribution in [3.05, 3.63) is 210 Å². The molecule has 62 heavy (non-hydrogen) atoms. The average Bonchev–Trinajstić information content (AvgIpc) is 3.89. The number of rotatable bonds is 4. The maximum absolute atomic E-state index is 7.43. The summed E-state index contributed by atoms with van der Waals surface area (Å²) < 4.78 is 7.43. The molecular formula is C60H43NO. The van der Waals surface area contributed by atoms with Gasteiger partial charge in [0.25, 0.3) is 0 Å². The van der Waals surface area contributed by atoms with Crippen molar-refractivity contribution in [2.45, 2.75) is 38.5 Å². The molecule has 2 aliphatic carbocycles. The zero-order valence-corrected chi connectivity index (χ0v) is 35.3. The normalized spacial score (nSPS) is 14.4. The molecule has 0 bridgehead atoms. The van der Waals surface area contributed by atoms with Gasteiger partial charge in [-0.1, -0.05) is 179 Å². The minimum absolute atomic E-state index is 0.174. The number of anilines is 3. The van der Waals surface area contributed by atoms with Gasteiger partial charge >= 0.3 is 0 Å². The summed E-state index contributed by atoms with van der Waals surface area (Å²) in [4.78, 5) is 2.49. The Hall–Kier alpha value is -7.42. The Bertz CT molecular complexity index is 3600. The van der Waals surface area contributed by atoms with E-state index >= 15 is 0 Å².